The minimum atomic E-state index is -0.241. The van der Waals surface area contributed by atoms with Crippen LogP contribution in [-0.2, 0) is 0 Å². The first-order valence-corrected chi connectivity index (χ1v) is 8.10. The first kappa shape index (κ1) is 15.5. The van der Waals surface area contributed by atoms with Crippen LogP contribution in [0.2, 0.25) is 0 Å². The number of carbonyl (C=O) groups is 1. The summed E-state index contributed by atoms with van der Waals surface area (Å²) in [5.41, 5.74) is 3.33. The molecule has 3 rings (SSSR count). The number of aromatic nitrogens is 2. The summed E-state index contributed by atoms with van der Waals surface area (Å²) < 4.78 is 0. The Hall–Kier alpha value is -2.43. The molecule has 1 saturated carbocycles. The minimum absolute atomic E-state index is 0.241. The second kappa shape index (κ2) is 6.77. The molecule has 1 amide bonds. The molecule has 5 heteroatoms. The van der Waals surface area contributed by atoms with Crippen molar-refractivity contribution in [3.05, 3.63) is 47.2 Å². The lowest BCUT2D eigenvalue weighted by Crippen LogP contribution is -2.18. The number of amides is 1. The molecule has 0 radical (unpaired) electrons. The summed E-state index contributed by atoms with van der Waals surface area (Å²) >= 11 is 0. The van der Waals surface area contributed by atoms with Crippen molar-refractivity contribution >= 4 is 17.4 Å². The molecule has 1 aromatic heterocycles. The van der Waals surface area contributed by atoms with Crippen molar-refractivity contribution in [3.8, 4) is 0 Å². The molecule has 1 aliphatic rings. The first-order valence-electron chi connectivity index (χ1n) is 8.10. The quantitative estimate of drug-likeness (QED) is 0.903. The lowest BCUT2D eigenvalue weighted by Gasteiger charge is -2.12. The van der Waals surface area contributed by atoms with Crippen LogP contribution in [0.4, 0.5) is 11.5 Å². The summed E-state index contributed by atoms with van der Waals surface area (Å²) in [7, 11) is 0. The third-order valence-electron chi connectivity index (χ3n) is 4.08. The first-order chi connectivity index (χ1) is 11.1. The smallest absolute Gasteiger partial charge is 0.276 e. The molecule has 120 valence electrons. The van der Waals surface area contributed by atoms with Gasteiger partial charge in [-0.2, -0.15) is 0 Å². The number of carbonyl (C=O) groups excluding carboxylic acids is 1. The number of aryl methyl sites for hydroxylation is 2. The van der Waals surface area contributed by atoms with E-state index in [1.807, 2.05) is 32.0 Å². The zero-order valence-corrected chi connectivity index (χ0v) is 13.6. The normalized spacial score (nSPS) is 14.7. The SMILES string of the molecule is Cc1cc(C)cc(NC(=O)c2ccc(NC3CCCC3)nn2)c1. The predicted molar refractivity (Wildman–Crippen MR) is 91.8 cm³/mol. The van der Waals surface area contributed by atoms with Crippen LogP contribution < -0.4 is 10.6 Å². The van der Waals surface area contributed by atoms with E-state index < -0.39 is 0 Å². The number of nitrogens with one attached hydrogen (secondary N) is 2. The zero-order chi connectivity index (χ0) is 16.2. The van der Waals surface area contributed by atoms with Crippen molar-refractivity contribution in [3.63, 3.8) is 0 Å². The van der Waals surface area contributed by atoms with E-state index in [1.54, 1.807) is 6.07 Å². The maximum absolute atomic E-state index is 12.3. The van der Waals surface area contributed by atoms with Crippen LogP contribution in [0, 0.1) is 13.8 Å². The highest BCUT2D eigenvalue weighted by Gasteiger charge is 2.15. The summed E-state index contributed by atoms with van der Waals surface area (Å²) in [6.45, 7) is 4.01. The van der Waals surface area contributed by atoms with Gasteiger partial charge in [-0.3, -0.25) is 4.79 Å². The second-order valence-electron chi connectivity index (χ2n) is 6.26. The van der Waals surface area contributed by atoms with Gasteiger partial charge < -0.3 is 10.6 Å². The maximum atomic E-state index is 12.3. The van der Waals surface area contributed by atoms with Crippen LogP contribution in [0.5, 0.6) is 0 Å². The van der Waals surface area contributed by atoms with Crippen LogP contribution >= 0.6 is 0 Å². The van der Waals surface area contributed by atoms with Gasteiger partial charge in [0.05, 0.1) is 0 Å². The Morgan fingerprint density at radius 3 is 2.35 bits per heavy atom. The number of rotatable bonds is 4. The van der Waals surface area contributed by atoms with E-state index in [0.29, 0.717) is 11.7 Å². The van der Waals surface area contributed by atoms with Gasteiger partial charge in [0.1, 0.15) is 5.82 Å². The molecule has 1 heterocycles. The molecular formula is C18H22N4O. The Morgan fingerprint density at radius 2 is 1.74 bits per heavy atom. The Balaban J connectivity index is 1.65. The second-order valence-corrected chi connectivity index (χ2v) is 6.26. The highest BCUT2D eigenvalue weighted by Crippen LogP contribution is 2.21. The Labute approximate surface area is 136 Å². The van der Waals surface area contributed by atoms with Crippen LogP contribution in [0.15, 0.2) is 30.3 Å². The average Bonchev–Trinajstić information content (AvgIpc) is 3.00. The van der Waals surface area contributed by atoms with Crippen LogP contribution in [0.25, 0.3) is 0 Å². The molecule has 0 saturated heterocycles. The summed E-state index contributed by atoms with van der Waals surface area (Å²) in [5.74, 6) is 0.495. The van der Waals surface area contributed by atoms with E-state index in [-0.39, 0.29) is 5.91 Å². The largest absolute Gasteiger partial charge is 0.366 e. The van der Waals surface area contributed by atoms with E-state index in [1.165, 1.54) is 25.7 Å². The zero-order valence-electron chi connectivity index (χ0n) is 13.6. The molecule has 0 unspecified atom stereocenters. The lowest BCUT2D eigenvalue weighted by atomic mass is 10.1. The van der Waals surface area contributed by atoms with Gasteiger partial charge in [-0.15, -0.1) is 10.2 Å². The summed E-state index contributed by atoms with van der Waals surface area (Å²) in [6, 6.07) is 9.96. The highest BCUT2D eigenvalue weighted by atomic mass is 16.1. The number of benzene rings is 1. The topological polar surface area (TPSA) is 66.9 Å². The molecular weight excluding hydrogens is 288 g/mol. The van der Waals surface area contributed by atoms with Gasteiger partial charge in [-0.1, -0.05) is 18.9 Å². The highest BCUT2D eigenvalue weighted by molar-refractivity contribution is 6.02. The molecule has 0 bridgehead atoms. The maximum Gasteiger partial charge on any atom is 0.276 e. The Morgan fingerprint density at radius 1 is 1.04 bits per heavy atom. The molecule has 0 atom stereocenters. The van der Waals surface area contributed by atoms with E-state index >= 15 is 0 Å². The Kier molecular flexibility index (Phi) is 4.55. The van der Waals surface area contributed by atoms with Crippen molar-refractivity contribution in [1.29, 1.82) is 0 Å². The van der Waals surface area contributed by atoms with Gasteiger partial charge in [-0.25, -0.2) is 0 Å². The van der Waals surface area contributed by atoms with Gasteiger partial charge in [0.15, 0.2) is 5.69 Å². The van der Waals surface area contributed by atoms with E-state index in [9.17, 15) is 4.79 Å². The monoisotopic (exact) mass is 310 g/mol. The van der Waals surface area contributed by atoms with Crippen molar-refractivity contribution in [1.82, 2.24) is 10.2 Å². The minimum Gasteiger partial charge on any atom is -0.366 e. The fraction of sp³-hybridized carbons (Fsp3) is 0.389. The summed E-state index contributed by atoms with van der Waals surface area (Å²) in [5, 5.41) is 14.4. The molecule has 0 aliphatic heterocycles. The molecule has 2 aromatic rings. The van der Waals surface area contributed by atoms with E-state index in [4.69, 9.17) is 0 Å². The van der Waals surface area contributed by atoms with Gasteiger partial charge in [0.2, 0.25) is 0 Å². The number of hydrogen-bond donors (Lipinski definition) is 2. The predicted octanol–water partition coefficient (Wildman–Crippen LogP) is 3.70. The molecule has 2 N–H and O–H groups in total. The van der Waals surface area contributed by atoms with Crippen molar-refractivity contribution in [2.24, 2.45) is 0 Å². The number of anilines is 2. The number of hydrogen-bond acceptors (Lipinski definition) is 4. The molecule has 5 nitrogen and oxygen atoms in total. The average molecular weight is 310 g/mol. The van der Waals surface area contributed by atoms with Gasteiger partial charge in [-0.05, 0) is 62.1 Å². The fourth-order valence-electron chi connectivity index (χ4n) is 3.05. The third-order valence-corrected chi connectivity index (χ3v) is 4.08. The van der Waals surface area contributed by atoms with Crippen molar-refractivity contribution in [2.45, 2.75) is 45.6 Å². The van der Waals surface area contributed by atoms with E-state index in [0.717, 1.165) is 22.6 Å². The third kappa shape index (κ3) is 4.06. The lowest BCUT2D eigenvalue weighted by molar-refractivity contribution is 0.102. The molecule has 1 aliphatic carbocycles. The molecule has 23 heavy (non-hydrogen) atoms. The fourth-order valence-corrected chi connectivity index (χ4v) is 3.05. The van der Waals surface area contributed by atoms with E-state index in [2.05, 4.69) is 26.9 Å². The van der Waals surface area contributed by atoms with Gasteiger partial charge in [0.25, 0.3) is 5.91 Å². The van der Waals surface area contributed by atoms with Crippen LogP contribution in [0.1, 0.15) is 47.3 Å². The van der Waals surface area contributed by atoms with Crippen LogP contribution in [0.3, 0.4) is 0 Å². The summed E-state index contributed by atoms with van der Waals surface area (Å²) in [6.07, 6.45) is 4.89. The Bertz CT molecular complexity index is 670. The van der Waals surface area contributed by atoms with Crippen molar-refractivity contribution < 1.29 is 4.79 Å². The molecule has 0 spiro atoms. The molecule has 1 fully saturated rings. The standard InChI is InChI=1S/C18H22N4O/c1-12-9-13(2)11-15(10-12)20-18(23)16-7-8-17(22-21-16)19-14-5-3-4-6-14/h7-11,14H,3-6H2,1-2H3,(H,19,22)(H,20,23). The van der Waals surface area contributed by atoms with Crippen LogP contribution in [-0.4, -0.2) is 22.1 Å². The van der Waals surface area contributed by atoms with Gasteiger partial charge >= 0.3 is 0 Å². The summed E-state index contributed by atoms with van der Waals surface area (Å²) in [4.78, 5) is 12.3. The molecule has 1 aromatic carbocycles. The number of nitrogens with zero attached hydrogens (tertiary/aromatic N) is 2. The van der Waals surface area contributed by atoms with Crippen molar-refractivity contribution in [2.75, 3.05) is 10.6 Å². The van der Waals surface area contributed by atoms with Gasteiger partial charge in [0, 0.05) is 11.7 Å².